The van der Waals surface area contributed by atoms with Gasteiger partial charge in [-0.25, -0.2) is 0 Å². The monoisotopic (exact) mass is 334 g/mol. The van der Waals surface area contributed by atoms with Crippen LogP contribution in [0.3, 0.4) is 0 Å². The van der Waals surface area contributed by atoms with Crippen molar-refractivity contribution in [1.29, 1.82) is 0 Å². The summed E-state index contributed by atoms with van der Waals surface area (Å²) in [5.74, 6) is 1.88. The van der Waals surface area contributed by atoms with Crippen LogP contribution in [0.5, 0.6) is 11.5 Å². The number of amides is 1. The molecule has 1 heterocycles. The third kappa shape index (κ3) is 6.40. The van der Waals surface area contributed by atoms with Gasteiger partial charge in [-0.15, -0.1) is 0 Å². The molecule has 0 aromatic heterocycles. The maximum absolute atomic E-state index is 12.4. The Morgan fingerprint density at radius 3 is 2.25 bits per heavy atom. The van der Waals surface area contributed by atoms with Gasteiger partial charge < -0.3 is 14.4 Å². The lowest BCUT2D eigenvalue weighted by Crippen LogP contribution is -2.41. The Kier molecular flexibility index (Phi) is 7.89. The Balaban J connectivity index is 1.67. The van der Waals surface area contributed by atoms with Crippen LogP contribution in [0, 0.1) is 0 Å². The summed E-state index contributed by atoms with van der Waals surface area (Å²) in [6.07, 6.45) is 6.07. The topological polar surface area (TPSA) is 42.0 Å². The molecule has 0 N–H and O–H groups in total. The van der Waals surface area contributed by atoms with Crippen LogP contribution in [0.1, 0.15) is 32.1 Å². The van der Waals surface area contributed by atoms with Gasteiger partial charge in [0, 0.05) is 19.6 Å². The third-order valence-electron chi connectivity index (χ3n) is 4.42. The molecule has 0 atom stereocenters. The number of ether oxygens (including phenoxy) is 2. The molecule has 0 radical (unpaired) electrons. The highest BCUT2D eigenvalue weighted by molar-refractivity contribution is 5.78. The average Bonchev–Trinajstić information content (AvgIpc) is 2.55. The molecule has 1 aliphatic rings. The van der Waals surface area contributed by atoms with E-state index in [0.717, 1.165) is 44.0 Å². The minimum Gasteiger partial charge on any atom is -0.497 e. The SMILES string of the molecule is COc1ccc(OCCN(C)CC(=O)N2CCCCCCC2)cc1. The summed E-state index contributed by atoms with van der Waals surface area (Å²) in [7, 11) is 3.62. The molecular formula is C19H30N2O3. The van der Waals surface area contributed by atoms with Crippen LogP contribution >= 0.6 is 0 Å². The summed E-state index contributed by atoms with van der Waals surface area (Å²) in [6, 6.07) is 7.55. The fraction of sp³-hybridized carbons (Fsp3) is 0.632. The second-order valence-corrected chi connectivity index (χ2v) is 6.41. The van der Waals surface area contributed by atoms with Crippen molar-refractivity contribution in [2.45, 2.75) is 32.1 Å². The van der Waals surface area contributed by atoms with E-state index in [-0.39, 0.29) is 5.91 Å². The smallest absolute Gasteiger partial charge is 0.236 e. The number of hydrogen-bond acceptors (Lipinski definition) is 4. The molecule has 134 valence electrons. The second kappa shape index (κ2) is 10.2. The fourth-order valence-corrected chi connectivity index (χ4v) is 2.90. The number of carbonyl (C=O) groups excluding carboxylic acids is 1. The van der Waals surface area contributed by atoms with E-state index in [9.17, 15) is 4.79 Å². The second-order valence-electron chi connectivity index (χ2n) is 6.41. The maximum Gasteiger partial charge on any atom is 0.236 e. The molecule has 1 aromatic rings. The van der Waals surface area contributed by atoms with Crippen LogP contribution in [0.15, 0.2) is 24.3 Å². The van der Waals surface area contributed by atoms with Crippen molar-refractivity contribution in [3.8, 4) is 11.5 Å². The van der Waals surface area contributed by atoms with Gasteiger partial charge in [0.05, 0.1) is 13.7 Å². The van der Waals surface area contributed by atoms with E-state index >= 15 is 0 Å². The molecule has 0 bridgehead atoms. The predicted octanol–water partition coefficient (Wildman–Crippen LogP) is 2.80. The first-order valence-electron chi connectivity index (χ1n) is 8.92. The van der Waals surface area contributed by atoms with Gasteiger partial charge in [-0.3, -0.25) is 9.69 Å². The quantitative estimate of drug-likeness (QED) is 0.769. The minimum absolute atomic E-state index is 0.240. The molecule has 1 saturated heterocycles. The molecule has 5 heteroatoms. The summed E-state index contributed by atoms with van der Waals surface area (Å²) in [5, 5.41) is 0. The van der Waals surface area contributed by atoms with Crippen molar-refractivity contribution in [2.75, 3.05) is 46.9 Å². The molecular weight excluding hydrogens is 304 g/mol. The molecule has 1 fully saturated rings. The maximum atomic E-state index is 12.4. The van der Waals surface area contributed by atoms with Gasteiger partial charge in [-0.1, -0.05) is 19.3 Å². The first kappa shape index (κ1) is 18.6. The number of benzene rings is 1. The van der Waals surface area contributed by atoms with Gasteiger partial charge in [0.2, 0.25) is 5.91 Å². The minimum atomic E-state index is 0.240. The highest BCUT2D eigenvalue weighted by atomic mass is 16.5. The number of nitrogens with zero attached hydrogens (tertiary/aromatic N) is 2. The Labute approximate surface area is 145 Å². The predicted molar refractivity (Wildman–Crippen MR) is 95.7 cm³/mol. The zero-order valence-electron chi connectivity index (χ0n) is 15.0. The number of methoxy groups -OCH3 is 1. The van der Waals surface area contributed by atoms with Crippen LogP contribution < -0.4 is 9.47 Å². The number of rotatable bonds is 7. The fourth-order valence-electron chi connectivity index (χ4n) is 2.90. The van der Waals surface area contributed by atoms with Crippen LogP contribution in [-0.4, -0.2) is 62.7 Å². The average molecular weight is 334 g/mol. The molecule has 24 heavy (non-hydrogen) atoms. The van der Waals surface area contributed by atoms with Crippen molar-refractivity contribution < 1.29 is 14.3 Å². The number of likely N-dealkylation sites (N-methyl/N-ethyl adjacent to an activating group) is 1. The molecule has 1 aromatic carbocycles. The third-order valence-corrected chi connectivity index (χ3v) is 4.42. The van der Waals surface area contributed by atoms with Gasteiger partial charge >= 0.3 is 0 Å². The van der Waals surface area contributed by atoms with Crippen LogP contribution in [-0.2, 0) is 4.79 Å². The molecule has 0 aliphatic carbocycles. The van der Waals surface area contributed by atoms with E-state index in [2.05, 4.69) is 0 Å². The van der Waals surface area contributed by atoms with Crippen LogP contribution in [0.4, 0.5) is 0 Å². The largest absolute Gasteiger partial charge is 0.497 e. The molecule has 5 nitrogen and oxygen atoms in total. The molecule has 0 saturated carbocycles. The van der Waals surface area contributed by atoms with E-state index in [1.54, 1.807) is 7.11 Å². The summed E-state index contributed by atoms with van der Waals surface area (Å²) in [6.45, 7) is 3.58. The first-order chi connectivity index (χ1) is 11.7. The summed E-state index contributed by atoms with van der Waals surface area (Å²) >= 11 is 0. The number of likely N-dealkylation sites (tertiary alicyclic amines) is 1. The summed E-state index contributed by atoms with van der Waals surface area (Å²) in [4.78, 5) is 16.5. The van der Waals surface area contributed by atoms with Crippen molar-refractivity contribution in [2.24, 2.45) is 0 Å². The van der Waals surface area contributed by atoms with Gasteiger partial charge in [0.1, 0.15) is 18.1 Å². The van der Waals surface area contributed by atoms with E-state index in [0.29, 0.717) is 13.2 Å². The molecule has 0 spiro atoms. The summed E-state index contributed by atoms with van der Waals surface area (Å²) < 4.78 is 10.8. The summed E-state index contributed by atoms with van der Waals surface area (Å²) in [5.41, 5.74) is 0. The van der Waals surface area contributed by atoms with Crippen molar-refractivity contribution in [1.82, 2.24) is 9.80 Å². The van der Waals surface area contributed by atoms with Crippen LogP contribution in [0.25, 0.3) is 0 Å². The molecule has 2 rings (SSSR count). The lowest BCUT2D eigenvalue weighted by Gasteiger charge is -2.27. The highest BCUT2D eigenvalue weighted by Crippen LogP contribution is 2.16. The lowest BCUT2D eigenvalue weighted by atomic mass is 10.1. The van der Waals surface area contributed by atoms with Gasteiger partial charge in [-0.05, 0) is 44.2 Å². The van der Waals surface area contributed by atoms with Crippen LogP contribution in [0.2, 0.25) is 0 Å². The normalized spacial score (nSPS) is 15.7. The molecule has 1 amide bonds. The Morgan fingerprint density at radius 1 is 1.04 bits per heavy atom. The van der Waals surface area contributed by atoms with Crippen molar-refractivity contribution >= 4 is 5.91 Å². The molecule has 1 aliphatic heterocycles. The van der Waals surface area contributed by atoms with Crippen molar-refractivity contribution in [3.63, 3.8) is 0 Å². The van der Waals surface area contributed by atoms with Gasteiger partial charge in [0.25, 0.3) is 0 Å². The van der Waals surface area contributed by atoms with Crippen molar-refractivity contribution in [3.05, 3.63) is 24.3 Å². The Hall–Kier alpha value is -1.75. The van der Waals surface area contributed by atoms with E-state index in [1.807, 2.05) is 41.1 Å². The Bertz CT molecular complexity index is 482. The number of hydrogen-bond donors (Lipinski definition) is 0. The lowest BCUT2D eigenvalue weighted by molar-refractivity contribution is -0.132. The zero-order chi connectivity index (χ0) is 17.2. The van der Waals surface area contributed by atoms with E-state index < -0.39 is 0 Å². The zero-order valence-corrected chi connectivity index (χ0v) is 15.0. The van der Waals surface area contributed by atoms with E-state index in [1.165, 1.54) is 19.3 Å². The Morgan fingerprint density at radius 2 is 1.62 bits per heavy atom. The highest BCUT2D eigenvalue weighted by Gasteiger charge is 2.16. The van der Waals surface area contributed by atoms with E-state index in [4.69, 9.17) is 9.47 Å². The van der Waals surface area contributed by atoms with Gasteiger partial charge in [-0.2, -0.15) is 0 Å². The number of carbonyl (C=O) groups is 1. The standard InChI is InChI=1S/C19H30N2O3/c1-20(14-15-24-18-10-8-17(23-2)9-11-18)16-19(22)21-12-6-4-3-5-7-13-21/h8-11H,3-7,12-16H2,1-2H3. The van der Waals surface area contributed by atoms with Gasteiger partial charge in [0.15, 0.2) is 0 Å². The first-order valence-corrected chi connectivity index (χ1v) is 8.92. The molecule has 0 unspecified atom stereocenters.